The number of rotatable bonds is 7. The van der Waals surface area contributed by atoms with E-state index in [9.17, 15) is 22.8 Å². The molecule has 9 nitrogen and oxygen atoms in total. The van der Waals surface area contributed by atoms with Crippen LogP contribution in [0.2, 0.25) is 0 Å². The first-order chi connectivity index (χ1) is 15.7. The van der Waals surface area contributed by atoms with Crippen LogP contribution in [-0.4, -0.2) is 50.3 Å². The van der Waals surface area contributed by atoms with Crippen LogP contribution in [0.5, 0.6) is 0 Å². The molecule has 0 atom stereocenters. The number of aromatic nitrogens is 1. The molecule has 1 heterocycles. The zero-order valence-corrected chi connectivity index (χ0v) is 19.9. The third-order valence-corrected chi connectivity index (χ3v) is 7.55. The summed E-state index contributed by atoms with van der Waals surface area (Å²) in [4.78, 5) is 41.3. The number of hydrogen-bond acceptors (Lipinski definition) is 8. The minimum atomic E-state index is -3.66. The summed E-state index contributed by atoms with van der Waals surface area (Å²) < 4.78 is 36.7. The summed E-state index contributed by atoms with van der Waals surface area (Å²) in [5.74, 6) is -1.99. The van der Waals surface area contributed by atoms with Gasteiger partial charge in [-0.2, -0.15) is 4.99 Å². The summed E-state index contributed by atoms with van der Waals surface area (Å²) in [6, 6.07) is 10.6. The van der Waals surface area contributed by atoms with Crippen molar-refractivity contribution < 1.29 is 32.3 Å². The zero-order chi connectivity index (χ0) is 24.2. The molecule has 0 saturated heterocycles. The number of ether oxygens (including phenoxy) is 2. The van der Waals surface area contributed by atoms with Crippen LogP contribution in [0.25, 0.3) is 10.2 Å². The van der Waals surface area contributed by atoms with E-state index in [4.69, 9.17) is 9.47 Å². The first-order valence-electron chi connectivity index (χ1n) is 10.00. The fraction of sp³-hybridized carbons (Fsp3) is 0.273. The average Bonchev–Trinajstić information content (AvgIpc) is 3.14. The molecule has 0 aliphatic carbocycles. The Bertz CT molecular complexity index is 1400. The van der Waals surface area contributed by atoms with E-state index < -0.39 is 27.7 Å². The molecule has 0 radical (unpaired) electrons. The normalized spacial score (nSPS) is 12.0. The Hall–Kier alpha value is -3.31. The highest BCUT2D eigenvalue weighted by molar-refractivity contribution is 7.91. The minimum Gasteiger partial charge on any atom is -0.465 e. The number of benzene rings is 2. The Morgan fingerprint density at radius 1 is 1.09 bits per heavy atom. The van der Waals surface area contributed by atoms with Crippen LogP contribution in [0.1, 0.15) is 34.6 Å². The van der Waals surface area contributed by atoms with Gasteiger partial charge in [0.1, 0.15) is 6.54 Å². The molecule has 0 saturated carbocycles. The van der Waals surface area contributed by atoms with E-state index in [0.29, 0.717) is 15.8 Å². The molecule has 3 aromatic rings. The smallest absolute Gasteiger partial charge is 0.337 e. The van der Waals surface area contributed by atoms with Crippen LogP contribution in [0, 0.1) is 0 Å². The molecule has 0 bridgehead atoms. The lowest BCUT2D eigenvalue weighted by Gasteiger charge is -2.07. The summed E-state index contributed by atoms with van der Waals surface area (Å²) in [7, 11) is -2.39. The Labute approximate surface area is 194 Å². The standard InChI is InChI=1S/C22H22N2O7S2/c1-4-31-19(25)13-24-16-11-10-14(21(27)30-3)12-17(16)32-22(24)23-20(26)15-8-6-7-9-18(15)33(28,29)5-2/h6-12H,4-5,13H2,1-3H3. The van der Waals surface area contributed by atoms with Crippen molar-refractivity contribution in [2.75, 3.05) is 19.5 Å². The van der Waals surface area contributed by atoms with Gasteiger partial charge in [-0.3, -0.25) is 9.59 Å². The highest BCUT2D eigenvalue weighted by Crippen LogP contribution is 2.21. The molecular formula is C22H22N2O7S2. The summed E-state index contributed by atoms with van der Waals surface area (Å²) in [5, 5.41) is 0. The Balaban J connectivity index is 2.19. The molecule has 0 unspecified atom stereocenters. The Morgan fingerprint density at radius 2 is 1.82 bits per heavy atom. The first kappa shape index (κ1) is 24.3. The number of methoxy groups -OCH3 is 1. The highest BCUT2D eigenvalue weighted by atomic mass is 32.2. The van der Waals surface area contributed by atoms with Gasteiger partial charge < -0.3 is 14.0 Å². The molecule has 1 amide bonds. The van der Waals surface area contributed by atoms with E-state index in [1.807, 2.05) is 0 Å². The Kier molecular flexibility index (Phi) is 7.44. The summed E-state index contributed by atoms with van der Waals surface area (Å²) in [5.41, 5.74) is 0.795. The maximum atomic E-state index is 13.0. The largest absolute Gasteiger partial charge is 0.465 e. The maximum absolute atomic E-state index is 13.0. The first-order valence-corrected chi connectivity index (χ1v) is 12.5. The molecular weight excluding hydrogens is 468 g/mol. The minimum absolute atomic E-state index is 0.0604. The van der Waals surface area contributed by atoms with Crippen molar-refractivity contribution in [3.05, 3.63) is 58.4 Å². The number of fused-ring (bicyclic) bond motifs is 1. The number of amides is 1. The van der Waals surface area contributed by atoms with Crippen molar-refractivity contribution in [3.63, 3.8) is 0 Å². The fourth-order valence-corrected chi connectivity index (χ4v) is 5.26. The van der Waals surface area contributed by atoms with E-state index in [0.717, 1.165) is 11.3 Å². The third-order valence-electron chi connectivity index (χ3n) is 4.73. The van der Waals surface area contributed by atoms with Gasteiger partial charge in [0.25, 0.3) is 5.91 Å². The van der Waals surface area contributed by atoms with E-state index in [-0.39, 0.29) is 34.2 Å². The van der Waals surface area contributed by atoms with Gasteiger partial charge in [0.15, 0.2) is 14.6 Å². The third kappa shape index (κ3) is 5.20. The number of sulfone groups is 1. The quantitative estimate of drug-likeness (QED) is 0.467. The van der Waals surface area contributed by atoms with Crippen LogP contribution >= 0.6 is 11.3 Å². The fourth-order valence-electron chi connectivity index (χ4n) is 3.11. The summed E-state index contributed by atoms with van der Waals surface area (Å²) in [6.45, 7) is 3.14. The second kappa shape index (κ2) is 10.1. The molecule has 0 aliphatic rings. The molecule has 3 rings (SSSR count). The van der Waals surface area contributed by atoms with Crippen molar-refractivity contribution in [2.45, 2.75) is 25.3 Å². The number of carbonyl (C=O) groups excluding carboxylic acids is 3. The van der Waals surface area contributed by atoms with Gasteiger partial charge in [-0.25, -0.2) is 13.2 Å². The van der Waals surface area contributed by atoms with Gasteiger partial charge in [0.2, 0.25) is 0 Å². The van der Waals surface area contributed by atoms with E-state index in [1.165, 1.54) is 42.9 Å². The summed E-state index contributed by atoms with van der Waals surface area (Å²) >= 11 is 1.08. The zero-order valence-electron chi connectivity index (χ0n) is 18.2. The maximum Gasteiger partial charge on any atom is 0.337 e. The van der Waals surface area contributed by atoms with Crippen molar-refractivity contribution in [3.8, 4) is 0 Å². The van der Waals surface area contributed by atoms with Crippen LogP contribution in [0.4, 0.5) is 0 Å². The van der Waals surface area contributed by atoms with Crippen LogP contribution in [0.3, 0.4) is 0 Å². The molecule has 11 heteroatoms. The van der Waals surface area contributed by atoms with Gasteiger partial charge in [-0.15, -0.1) is 0 Å². The van der Waals surface area contributed by atoms with Crippen LogP contribution in [-0.2, 0) is 30.7 Å². The molecule has 1 aromatic heterocycles. The second-order valence-corrected chi connectivity index (χ2v) is 10.0. The van der Waals surface area contributed by atoms with Gasteiger partial charge in [0.05, 0.1) is 45.7 Å². The molecule has 0 fully saturated rings. The van der Waals surface area contributed by atoms with Gasteiger partial charge >= 0.3 is 11.9 Å². The lowest BCUT2D eigenvalue weighted by Crippen LogP contribution is -2.23. The number of hydrogen-bond donors (Lipinski definition) is 0. The van der Waals surface area contributed by atoms with Gasteiger partial charge in [-0.1, -0.05) is 30.4 Å². The molecule has 33 heavy (non-hydrogen) atoms. The predicted octanol–water partition coefficient (Wildman–Crippen LogP) is 2.59. The number of nitrogens with zero attached hydrogens (tertiary/aromatic N) is 2. The van der Waals surface area contributed by atoms with Crippen LogP contribution < -0.4 is 4.80 Å². The van der Waals surface area contributed by atoms with E-state index >= 15 is 0 Å². The number of esters is 2. The predicted molar refractivity (Wildman–Crippen MR) is 122 cm³/mol. The number of carbonyl (C=O) groups is 3. The van der Waals surface area contributed by atoms with Crippen LogP contribution in [0.15, 0.2) is 52.4 Å². The van der Waals surface area contributed by atoms with Gasteiger partial charge in [-0.05, 0) is 37.3 Å². The topological polar surface area (TPSA) is 121 Å². The SMILES string of the molecule is CCOC(=O)Cn1c(=NC(=O)c2ccccc2S(=O)(=O)CC)sc2cc(C(=O)OC)ccc21. The van der Waals surface area contributed by atoms with Gasteiger partial charge in [0, 0.05) is 0 Å². The van der Waals surface area contributed by atoms with E-state index in [1.54, 1.807) is 25.1 Å². The molecule has 0 aliphatic heterocycles. The van der Waals surface area contributed by atoms with Crippen molar-refractivity contribution in [1.82, 2.24) is 4.57 Å². The molecule has 0 spiro atoms. The summed E-state index contributed by atoms with van der Waals surface area (Å²) in [6.07, 6.45) is 0. The highest BCUT2D eigenvalue weighted by Gasteiger charge is 2.21. The molecule has 174 valence electrons. The van der Waals surface area contributed by atoms with E-state index in [2.05, 4.69) is 4.99 Å². The average molecular weight is 491 g/mol. The van der Waals surface area contributed by atoms with Crippen molar-refractivity contribution >= 4 is 49.2 Å². The lowest BCUT2D eigenvalue weighted by atomic mass is 10.2. The molecule has 2 aromatic carbocycles. The monoisotopic (exact) mass is 490 g/mol. The lowest BCUT2D eigenvalue weighted by molar-refractivity contribution is -0.143. The second-order valence-electron chi connectivity index (χ2n) is 6.77. The number of thiazole rings is 1. The molecule has 0 N–H and O–H groups in total. The Morgan fingerprint density at radius 3 is 2.48 bits per heavy atom. The van der Waals surface area contributed by atoms with Crippen molar-refractivity contribution in [1.29, 1.82) is 0 Å². The van der Waals surface area contributed by atoms with Crippen molar-refractivity contribution in [2.24, 2.45) is 4.99 Å².